The van der Waals surface area contributed by atoms with Gasteiger partial charge >= 0.3 is 6.18 Å². The molecule has 9 heteroatoms. The fourth-order valence-corrected chi connectivity index (χ4v) is 2.39. The van der Waals surface area contributed by atoms with Crippen LogP contribution in [-0.2, 0) is 6.18 Å². The molecule has 0 bridgehead atoms. The van der Waals surface area contributed by atoms with Gasteiger partial charge in [0.1, 0.15) is 5.82 Å². The predicted molar refractivity (Wildman–Crippen MR) is 100 cm³/mol. The number of nitrogens with zero attached hydrogens (tertiary/aromatic N) is 3. The van der Waals surface area contributed by atoms with Crippen molar-refractivity contribution in [3.8, 4) is 11.3 Å². The highest BCUT2D eigenvalue weighted by atomic mass is 19.4. The van der Waals surface area contributed by atoms with Crippen molar-refractivity contribution in [2.24, 2.45) is 0 Å². The van der Waals surface area contributed by atoms with E-state index in [1.807, 2.05) is 6.07 Å². The first-order valence-electron chi connectivity index (χ1n) is 8.46. The molecular weight excluding hydrogens is 371 g/mol. The minimum Gasteiger partial charge on any atom is -0.394 e. The summed E-state index contributed by atoms with van der Waals surface area (Å²) in [5, 5.41) is 15.2. The second-order valence-electron chi connectivity index (χ2n) is 6.13. The second kappa shape index (κ2) is 8.22. The highest BCUT2D eigenvalue weighted by molar-refractivity contribution is 5.67. The standard InChI is InChI=1S/C19H18F3N5O/c1-12(11-28)24-18-26-16(13-3-2-8-23-10-13)9-17(27-18)25-15-6-4-14(5-7-15)19(20,21)22/h2-10,12,28H,11H2,1H3,(H2,24,25,26,27)/t12-/m0/s1. The topological polar surface area (TPSA) is 83.0 Å². The molecule has 3 rings (SSSR count). The Hall–Kier alpha value is -3.20. The summed E-state index contributed by atoms with van der Waals surface area (Å²) in [4.78, 5) is 12.8. The van der Waals surface area contributed by atoms with Gasteiger partial charge in [0.25, 0.3) is 0 Å². The van der Waals surface area contributed by atoms with Crippen LogP contribution in [0.4, 0.5) is 30.6 Å². The summed E-state index contributed by atoms with van der Waals surface area (Å²) in [7, 11) is 0. The van der Waals surface area contributed by atoms with Crippen LogP contribution in [0.2, 0.25) is 0 Å². The van der Waals surface area contributed by atoms with Gasteiger partial charge in [0.05, 0.1) is 17.9 Å². The van der Waals surface area contributed by atoms with E-state index in [0.717, 1.165) is 17.7 Å². The number of nitrogens with one attached hydrogen (secondary N) is 2. The molecular formula is C19H18F3N5O. The van der Waals surface area contributed by atoms with E-state index in [9.17, 15) is 18.3 Å². The molecule has 0 saturated heterocycles. The summed E-state index contributed by atoms with van der Waals surface area (Å²) in [6.07, 6.45) is -1.11. The lowest BCUT2D eigenvalue weighted by atomic mass is 10.2. The molecule has 0 amide bonds. The maximum atomic E-state index is 12.7. The molecule has 6 nitrogen and oxygen atoms in total. The van der Waals surface area contributed by atoms with Crippen LogP contribution in [0.3, 0.4) is 0 Å². The van der Waals surface area contributed by atoms with E-state index in [1.165, 1.54) is 12.1 Å². The van der Waals surface area contributed by atoms with E-state index in [1.54, 1.807) is 31.5 Å². The van der Waals surface area contributed by atoms with Crippen LogP contribution in [-0.4, -0.2) is 32.7 Å². The number of aliphatic hydroxyl groups is 1. The molecule has 28 heavy (non-hydrogen) atoms. The monoisotopic (exact) mass is 389 g/mol. The maximum Gasteiger partial charge on any atom is 0.416 e. The summed E-state index contributed by atoms with van der Waals surface area (Å²) in [5.41, 5.74) is 1.05. The molecule has 1 atom stereocenters. The number of hydrogen-bond acceptors (Lipinski definition) is 6. The third-order valence-corrected chi connectivity index (χ3v) is 3.82. The first kappa shape index (κ1) is 19.6. The highest BCUT2D eigenvalue weighted by Crippen LogP contribution is 2.30. The van der Waals surface area contributed by atoms with Crippen molar-refractivity contribution in [2.45, 2.75) is 19.1 Å². The number of hydrogen-bond donors (Lipinski definition) is 3. The lowest BCUT2D eigenvalue weighted by molar-refractivity contribution is -0.137. The Balaban J connectivity index is 1.91. The van der Waals surface area contributed by atoms with E-state index in [2.05, 4.69) is 25.6 Å². The van der Waals surface area contributed by atoms with Gasteiger partial charge in [-0.05, 0) is 43.3 Å². The van der Waals surface area contributed by atoms with Gasteiger partial charge in [0.2, 0.25) is 5.95 Å². The van der Waals surface area contributed by atoms with Crippen LogP contribution in [0.5, 0.6) is 0 Å². The third-order valence-electron chi connectivity index (χ3n) is 3.82. The van der Waals surface area contributed by atoms with Crippen LogP contribution in [0.1, 0.15) is 12.5 Å². The first-order chi connectivity index (χ1) is 13.3. The van der Waals surface area contributed by atoms with Gasteiger partial charge in [-0.15, -0.1) is 0 Å². The van der Waals surface area contributed by atoms with E-state index in [4.69, 9.17) is 0 Å². The Bertz CT molecular complexity index is 917. The molecule has 3 N–H and O–H groups in total. The number of halogens is 3. The SMILES string of the molecule is C[C@@H](CO)Nc1nc(Nc2ccc(C(F)(F)F)cc2)cc(-c2cccnc2)n1. The molecule has 0 saturated carbocycles. The number of rotatable bonds is 6. The van der Waals surface area contributed by atoms with Crippen LogP contribution in [0, 0.1) is 0 Å². The average molecular weight is 389 g/mol. The van der Waals surface area contributed by atoms with Gasteiger partial charge in [-0.25, -0.2) is 4.98 Å². The molecule has 3 aromatic rings. The Morgan fingerprint density at radius 3 is 2.46 bits per heavy atom. The average Bonchev–Trinajstić information content (AvgIpc) is 2.68. The van der Waals surface area contributed by atoms with Crippen molar-refractivity contribution in [3.05, 3.63) is 60.4 Å². The Labute approximate surface area is 159 Å². The van der Waals surface area contributed by atoms with Gasteiger partial charge < -0.3 is 15.7 Å². The molecule has 0 spiro atoms. The zero-order valence-electron chi connectivity index (χ0n) is 14.9. The molecule has 0 unspecified atom stereocenters. The fraction of sp³-hybridized carbons (Fsp3) is 0.211. The van der Waals surface area contributed by atoms with Gasteiger partial charge in [-0.1, -0.05) is 0 Å². The van der Waals surface area contributed by atoms with Crippen LogP contribution in [0.25, 0.3) is 11.3 Å². The molecule has 146 valence electrons. The normalized spacial score (nSPS) is 12.5. The van der Waals surface area contributed by atoms with Crippen LogP contribution >= 0.6 is 0 Å². The second-order valence-corrected chi connectivity index (χ2v) is 6.13. The van der Waals surface area contributed by atoms with Crippen LogP contribution < -0.4 is 10.6 Å². The number of pyridine rings is 1. The summed E-state index contributed by atoms with van der Waals surface area (Å²) < 4.78 is 38.2. The Morgan fingerprint density at radius 1 is 1.11 bits per heavy atom. The zero-order valence-corrected chi connectivity index (χ0v) is 14.9. The van der Waals surface area contributed by atoms with Gasteiger partial charge in [-0.3, -0.25) is 4.98 Å². The zero-order chi connectivity index (χ0) is 20.1. The van der Waals surface area contributed by atoms with Gasteiger partial charge in [-0.2, -0.15) is 18.2 Å². The van der Waals surface area contributed by atoms with Crippen molar-refractivity contribution in [2.75, 3.05) is 17.2 Å². The van der Waals surface area contributed by atoms with E-state index in [-0.39, 0.29) is 18.6 Å². The van der Waals surface area contributed by atoms with Crippen molar-refractivity contribution in [3.63, 3.8) is 0 Å². The fourth-order valence-electron chi connectivity index (χ4n) is 2.39. The lowest BCUT2D eigenvalue weighted by Crippen LogP contribution is -2.21. The summed E-state index contributed by atoms with van der Waals surface area (Å²) in [6.45, 7) is 1.66. The van der Waals surface area contributed by atoms with E-state index < -0.39 is 11.7 Å². The number of alkyl halides is 3. The molecule has 1 aromatic carbocycles. The van der Waals surface area contributed by atoms with E-state index >= 15 is 0 Å². The third kappa shape index (κ3) is 4.95. The number of benzene rings is 1. The number of aliphatic hydroxyl groups excluding tert-OH is 1. The highest BCUT2D eigenvalue weighted by Gasteiger charge is 2.29. The molecule has 2 heterocycles. The number of aromatic nitrogens is 3. The molecule has 0 aliphatic carbocycles. The van der Waals surface area contributed by atoms with Crippen molar-refractivity contribution < 1.29 is 18.3 Å². The minimum absolute atomic E-state index is 0.109. The molecule has 2 aromatic heterocycles. The smallest absolute Gasteiger partial charge is 0.394 e. The lowest BCUT2D eigenvalue weighted by Gasteiger charge is -2.14. The molecule has 0 aliphatic heterocycles. The number of anilines is 3. The molecule has 0 fully saturated rings. The molecule has 0 radical (unpaired) electrons. The first-order valence-corrected chi connectivity index (χ1v) is 8.46. The van der Waals surface area contributed by atoms with Crippen molar-refractivity contribution >= 4 is 17.5 Å². The van der Waals surface area contributed by atoms with Gasteiger partial charge in [0.15, 0.2) is 0 Å². The molecule has 0 aliphatic rings. The maximum absolute atomic E-state index is 12.7. The van der Waals surface area contributed by atoms with Crippen molar-refractivity contribution in [1.82, 2.24) is 15.0 Å². The summed E-state index contributed by atoms with van der Waals surface area (Å²) >= 11 is 0. The summed E-state index contributed by atoms with van der Waals surface area (Å²) in [6, 6.07) is 9.65. The van der Waals surface area contributed by atoms with Crippen LogP contribution in [0.15, 0.2) is 54.9 Å². The van der Waals surface area contributed by atoms with Gasteiger partial charge in [0, 0.05) is 35.8 Å². The predicted octanol–water partition coefficient (Wildman–Crippen LogP) is 4.09. The Kier molecular flexibility index (Phi) is 5.74. The Morgan fingerprint density at radius 2 is 1.86 bits per heavy atom. The largest absolute Gasteiger partial charge is 0.416 e. The van der Waals surface area contributed by atoms with E-state index in [0.29, 0.717) is 17.2 Å². The summed E-state index contributed by atoms with van der Waals surface area (Å²) in [5.74, 6) is 0.665. The quantitative estimate of drug-likeness (QED) is 0.589. The van der Waals surface area contributed by atoms with Crippen molar-refractivity contribution in [1.29, 1.82) is 0 Å². The minimum atomic E-state index is -4.39.